The van der Waals surface area contributed by atoms with E-state index in [4.69, 9.17) is 0 Å². The summed E-state index contributed by atoms with van der Waals surface area (Å²) in [5.74, 6) is 0.132. The minimum atomic E-state index is -0.536. The first-order chi connectivity index (χ1) is 9.15. The molecule has 2 aromatic rings. The lowest BCUT2D eigenvalue weighted by Gasteiger charge is -2.06. The van der Waals surface area contributed by atoms with Crippen LogP contribution in [0.15, 0.2) is 35.8 Å². The van der Waals surface area contributed by atoms with Crippen molar-refractivity contribution in [2.24, 2.45) is 0 Å². The molecule has 0 atom stereocenters. The number of hydrogen-bond acceptors (Lipinski definition) is 6. The van der Waals surface area contributed by atoms with Crippen LogP contribution in [0.4, 0.5) is 11.5 Å². The number of amides is 1. The second-order valence-corrected chi connectivity index (χ2v) is 4.62. The van der Waals surface area contributed by atoms with Gasteiger partial charge in [0.25, 0.3) is 5.69 Å². The number of rotatable bonds is 5. The first-order valence-corrected chi connectivity index (χ1v) is 6.21. The lowest BCUT2D eigenvalue weighted by molar-refractivity contribution is -0.385. The minimum absolute atomic E-state index is 0.101. The Bertz CT molecular complexity index is 568. The molecule has 1 amide bonds. The molecule has 2 heterocycles. The predicted octanol–water partition coefficient (Wildman–Crippen LogP) is 1.74. The zero-order valence-electron chi connectivity index (χ0n) is 9.70. The van der Waals surface area contributed by atoms with Gasteiger partial charge in [0.15, 0.2) is 0 Å². The quantitative estimate of drug-likeness (QED) is 0.641. The molecule has 0 saturated carbocycles. The standard InChI is InChI=1S/C11H10N4O3S/c16-11(6-9-2-1-5-19-9)14-13-10-4-3-8(7-12-10)15(17)18/h1-5,7H,6H2,(H,12,13)(H,14,16). The molecule has 0 fully saturated rings. The van der Waals surface area contributed by atoms with Gasteiger partial charge in [-0.05, 0) is 17.5 Å². The molecule has 0 spiro atoms. The normalized spacial score (nSPS) is 9.89. The molecule has 0 unspecified atom stereocenters. The predicted molar refractivity (Wildman–Crippen MR) is 70.7 cm³/mol. The molecule has 0 aliphatic heterocycles. The number of aromatic nitrogens is 1. The van der Waals surface area contributed by atoms with E-state index in [0.29, 0.717) is 5.82 Å². The largest absolute Gasteiger partial charge is 0.287 e. The highest BCUT2D eigenvalue weighted by atomic mass is 32.1. The maximum atomic E-state index is 11.6. The molecule has 0 saturated heterocycles. The zero-order chi connectivity index (χ0) is 13.7. The molecular formula is C11H10N4O3S. The summed E-state index contributed by atoms with van der Waals surface area (Å²) < 4.78 is 0. The average Bonchev–Trinajstić information content (AvgIpc) is 2.89. The summed E-state index contributed by atoms with van der Waals surface area (Å²) in [5, 5.41) is 12.3. The first kappa shape index (κ1) is 13.0. The van der Waals surface area contributed by atoms with E-state index in [2.05, 4.69) is 15.8 Å². The van der Waals surface area contributed by atoms with E-state index in [-0.39, 0.29) is 18.0 Å². The molecule has 0 bridgehead atoms. The van der Waals surface area contributed by atoms with Gasteiger partial charge in [-0.3, -0.25) is 25.8 Å². The topological polar surface area (TPSA) is 97.2 Å². The van der Waals surface area contributed by atoms with Crippen LogP contribution < -0.4 is 10.9 Å². The average molecular weight is 278 g/mol. The molecule has 19 heavy (non-hydrogen) atoms. The van der Waals surface area contributed by atoms with Crippen molar-refractivity contribution < 1.29 is 9.72 Å². The number of hydrazine groups is 1. The number of carbonyl (C=O) groups excluding carboxylic acids is 1. The fourth-order valence-electron chi connectivity index (χ4n) is 1.32. The van der Waals surface area contributed by atoms with Crippen LogP contribution in [0.2, 0.25) is 0 Å². The van der Waals surface area contributed by atoms with Crippen LogP contribution in [0.1, 0.15) is 4.88 Å². The number of thiophene rings is 1. The molecule has 0 aliphatic carbocycles. The van der Waals surface area contributed by atoms with Crippen LogP contribution in [0.3, 0.4) is 0 Å². The Morgan fingerprint density at radius 2 is 2.26 bits per heavy atom. The molecule has 0 aromatic carbocycles. The lowest BCUT2D eigenvalue weighted by Crippen LogP contribution is -2.30. The van der Waals surface area contributed by atoms with Crippen molar-refractivity contribution in [3.63, 3.8) is 0 Å². The molecule has 8 heteroatoms. The Morgan fingerprint density at radius 3 is 2.84 bits per heavy atom. The van der Waals surface area contributed by atoms with Gasteiger partial charge in [-0.25, -0.2) is 4.98 Å². The van der Waals surface area contributed by atoms with Gasteiger partial charge in [-0.2, -0.15) is 0 Å². The fourth-order valence-corrected chi connectivity index (χ4v) is 2.02. The number of anilines is 1. The van der Waals surface area contributed by atoms with Crippen LogP contribution in [0, 0.1) is 10.1 Å². The maximum absolute atomic E-state index is 11.6. The Hall–Kier alpha value is -2.48. The number of hydrogen-bond donors (Lipinski definition) is 2. The summed E-state index contributed by atoms with van der Waals surface area (Å²) in [6.07, 6.45) is 1.39. The summed E-state index contributed by atoms with van der Waals surface area (Å²) in [4.78, 5) is 26.2. The third-order valence-electron chi connectivity index (χ3n) is 2.20. The van der Waals surface area contributed by atoms with Gasteiger partial charge in [-0.1, -0.05) is 6.07 Å². The van der Waals surface area contributed by atoms with Crippen LogP contribution in [0.5, 0.6) is 0 Å². The van der Waals surface area contributed by atoms with E-state index in [1.165, 1.54) is 23.5 Å². The van der Waals surface area contributed by atoms with Crippen molar-refractivity contribution in [2.45, 2.75) is 6.42 Å². The number of nitrogens with zero attached hydrogens (tertiary/aromatic N) is 2. The Balaban J connectivity index is 1.84. The SMILES string of the molecule is O=C(Cc1cccs1)NNc1ccc([N+](=O)[O-])cn1. The highest BCUT2D eigenvalue weighted by Crippen LogP contribution is 2.11. The fraction of sp³-hybridized carbons (Fsp3) is 0.0909. The second kappa shape index (κ2) is 5.91. The second-order valence-electron chi connectivity index (χ2n) is 3.59. The van der Waals surface area contributed by atoms with E-state index in [9.17, 15) is 14.9 Å². The van der Waals surface area contributed by atoms with Crippen LogP contribution in [0.25, 0.3) is 0 Å². The lowest BCUT2D eigenvalue weighted by atomic mass is 10.3. The van der Waals surface area contributed by atoms with Gasteiger partial charge in [0, 0.05) is 10.9 Å². The Labute approximate surface area is 112 Å². The van der Waals surface area contributed by atoms with Crippen molar-refractivity contribution in [2.75, 3.05) is 5.43 Å². The van der Waals surface area contributed by atoms with E-state index < -0.39 is 4.92 Å². The van der Waals surface area contributed by atoms with Crippen molar-refractivity contribution in [3.8, 4) is 0 Å². The van der Waals surface area contributed by atoms with E-state index in [1.54, 1.807) is 0 Å². The van der Waals surface area contributed by atoms with Crippen molar-refractivity contribution in [1.82, 2.24) is 10.4 Å². The maximum Gasteiger partial charge on any atom is 0.287 e. The van der Waals surface area contributed by atoms with Crippen LogP contribution in [-0.2, 0) is 11.2 Å². The van der Waals surface area contributed by atoms with Gasteiger partial charge in [0.2, 0.25) is 5.91 Å². The molecule has 0 aliphatic rings. The van der Waals surface area contributed by atoms with Crippen LogP contribution in [-0.4, -0.2) is 15.8 Å². The van der Waals surface area contributed by atoms with E-state index in [0.717, 1.165) is 11.1 Å². The van der Waals surface area contributed by atoms with Crippen molar-refractivity contribution in [3.05, 3.63) is 50.8 Å². The molecule has 2 N–H and O–H groups in total. The van der Waals surface area contributed by atoms with Gasteiger partial charge in [-0.15, -0.1) is 11.3 Å². The zero-order valence-corrected chi connectivity index (χ0v) is 10.5. The van der Waals surface area contributed by atoms with Gasteiger partial charge in [0.1, 0.15) is 12.0 Å². The number of carbonyl (C=O) groups is 1. The van der Waals surface area contributed by atoms with Gasteiger partial charge < -0.3 is 0 Å². The number of pyridine rings is 1. The first-order valence-electron chi connectivity index (χ1n) is 5.33. The Morgan fingerprint density at radius 1 is 1.42 bits per heavy atom. The van der Waals surface area contributed by atoms with Gasteiger partial charge >= 0.3 is 0 Å². The van der Waals surface area contributed by atoms with E-state index >= 15 is 0 Å². The summed E-state index contributed by atoms with van der Waals surface area (Å²) in [7, 11) is 0. The van der Waals surface area contributed by atoms with Crippen molar-refractivity contribution >= 4 is 28.7 Å². The third-order valence-corrected chi connectivity index (χ3v) is 3.08. The highest BCUT2D eigenvalue weighted by Gasteiger charge is 2.06. The Kier molecular flexibility index (Phi) is 4.04. The summed E-state index contributed by atoms with van der Waals surface area (Å²) in [5.41, 5.74) is 4.96. The van der Waals surface area contributed by atoms with E-state index in [1.807, 2.05) is 17.5 Å². The summed E-state index contributed by atoms with van der Waals surface area (Å²) in [6.45, 7) is 0. The molecule has 7 nitrogen and oxygen atoms in total. The monoisotopic (exact) mass is 278 g/mol. The summed E-state index contributed by atoms with van der Waals surface area (Å²) in [6, 6.07) is 6.47. The molecule has 2 aromatic heterocycles. The number of nitrogens with one attached hydrogen (secondary N) is 2. The molecule has 98 valence electrons. The smallest absolute Gasteiger partial charge is 0.282 e. The van der Waals surface area contributed by atoms with Crippen molar-refractivity contribution in [1.29, 1.82) is 0 Å². The highest BCUT2D eigenvalue weighted by molar-refractivity contribution is 7.10. The van der Waals surface area contributed by atoms with Crippen LogP contribution >= 0.6 is 11.3 Å². The van der Waals surface area contributed by atoms with Gasteiger partial charge in [0.05, 0.1) is 11.3 Å². The molecule has 0 radical (unpaired) electrons. The minimum Gasteiger partial charge on any atom is -0.282 e. The molecule has 2 rings (SSSR count). The summed E-state index contributed by atoms with van der Waals surface area (Å²) >= 11 is 1.50. The third kappa shape index (κ3) is 3.75. The number of nitro groups is 1. The molecular weight excluding hydrogens is 268 g/mol.